The number of rotatable bonds is 5. The Morgan fingerprint density at radius 3 is 3.00 bits per heavy atom. The smallest absolute Gasteiger partial charge is 0.133 e. The van der Waals surface area contributed by atoms with E-state index in [4.69, 9.17) is 0 Å². The maximum absolute atomic E-state index is 4.67. The maximum Gasteiger partial charge on any atom is 0.133 e. The summed E-state index contributed by atoms with van der Waals surface area (Å²) in [5.41, 5.74) is 1.29. The summed E-state index contributed by atoms with van der Waals surface area (Å²) in [6.07, 6.45) is 8.59. The lowest BCUT2D eigenvalue weighted by Crippen LogP contribution is -2.27. The SMILES string of the molecule is CCCC1CCCN(c2ncc(Br)cc2CNC)CC1. The van der Waals surface area contributed by atoms with Gasteiger partial charge in [-0.2, -0.15) is 0 Å². The van der Waals surface area contributed by atoms with E-state index in [1.54, 1.807) is 0 Å². The Bertz CT molecular complexity index is 422. The first kappa shape index (κ1) is 15.8. The van der Waals surface area contributed by atoms with Gasteiger partial charge < -0.3 is 10.2 Å². The maximum atomic E-state index is 4.67. The number of aromatic nitrogens is 1. The molecule has 1 saturated heterocycles. The van der Waals surface area contributed by atoms with Crippen molar-refractivity contribution in [1.29, 1.82) is 0 Å². The van der Waals surface area contributed by atoms with Crippen LogP contribution in [0, 0.1) is 5.92 Å². The fourth-order valence-electron chi connectivity index (χ4n) is 3.15. The highest BCUT2D eigenvalue weighted by molar-refractivity contribution is 9.10. The molecule has 1 N–H and O–H groups in total. The Morgan fingerprint density at radius 2 is 2.25 bits per heavy atom. The molecule has 2 rings (SSSR count). The average Bonchev–Trinajstić information content (AvgIpc) is 2.66. The number of hydrogen-bond acceptors (Lipinski definition) is 3. The quantitative estimate of drug-likeness (QED) is 0.879. The van der Waals surface area contributed by atoms with E-state index in [2.05, 4.69) is 44.1 Å². The average molecular weight is 340 g/mol. The predicted molar refractivity (Wildman–Crippen MR) is 89.2 cm³/mol. The molecule has 0 bridgehead atoms. The minimum Gasteiger partial charge on any atom is -0.356 e. The predicted octanol–water partition coefficient (Wildman–Crippen LogP) is 3.97. The summed E-state index contributed by atoms with van der Waals surface area (Å²) in [7, 11) is 1.99. The summed E-state index contributed by atoms with van der Waals surface area (Å²) in [6.45, 7) is 5.46. The normalized spacial score (nSPS) is 19.9. The van der Waals surface area contributed by atoms with Gasteiger partial charge in [0.1, 0.15) is 5.82 Å². The molecule has 4 heteroatoms. The van der Waals surface area contributed by atoms with Gasteiger partial charge in [-0.3, -0.25) is 0 Å². The first-order valence-corrected chi connectivity index (χ1v) is 8.57. The van der Waals surface area contributed by atoms with E-state index in [1.807, 2.05) is 13.2 Å². The third-order valence-corrected chi connectivity index (χ3v) is 4.55. The Balaban J connectivity index is 2.10. The number of anilines is 1. The molecule has 1 atom stereocenters. The Hall–Kier alpha value is -0.610. The molecular formula is C16H26BrN3. The van der Waals surface area contributed by atoms with Crippen LogP contribution in [0.4, 0.5) is 5.82 Å². The summed E-state index contributed by atoms with van der Waals surface area (Å²) in [6, 6.07) is 2.19. The van der Waals surface area contributed by atoms with Crippen LogP contribution in [0.2, 0.25) is 0 Å². The van der Waals surface area contributed by atoms with Crippen molar-refractivity contribution in [2.45, 2.75) is 45.6 Å². The minimum absolute atomic E-state index is 0.872. The van der Waals surface area contributed by atoms with Gasteiger partial charge in [0.2, 0.25) is 0 Å². The number of halogens is 1. The molecule has 1 aromatic heterocycles. The molecule has 0 amide bonds. The van der Waals surface area contributed by atoms with Crippen LogP contribution < -0.4 is 10.2 Å². The molecule has 0 aromatic carbocycles. The molecule has 1 aliphatic heterocycles. The van der Waals surface area contributed by atoms with E-state index in [-0.39, 0.29) is 0 Å². The van der Waals surface area contributed by atoms with Gasteiger partial charge in [-0.15, -0.1) is 0 Å². The van der Waals surface area contributed by atoms with Crippen LogP contribution in [0.5, 0.6) is 0 Å². The lowest BCUT2D eigenvalue weighted by atomic mass is 9.96. The first-order valence-electron chi connectivity index (χ1n) is 7.78. The monoisotopic (exact) mass is 339 g/mol. The lowest BCUT2D eigenvalue weighted by molar-refractivity contribution is 0.435. The van der Waals surface area contributed by atoms with Crippen LogP contribution in [0.25, 0.3) is 0 Å². The second-order valence-electron chi connectivity index (χ2n) is 5.74. The van der Waals surface area contributed by atoms with Crippen molar-refractivity contribution in [2.75, 3.05) is 25.0 Å². The lowest BCUT2D eigenvalue weighted by Gasteiger charge is -2.24. The molecule has 0 spiro atoms. The molecule has 1 aromatic rings. The largest absolute Gasteiger partial charge is 0.356 e. The second kappa shape index (κ2) is 7.99. The molecule has 0 saturated carbocycles. The highest BCUT2D eigenvalue weighted by Crippen LogP contribution is 2.27. The van der Waals surface area contributed by atoms with Crippen molar-refractivity contribution < 1.29 is 0 Å². The van der Waals surface area contributed by atoms with E-state index < -0.39 is 0 Å². The summed E-state index contributed by atoms with van der Waals surface area (Å²) in [5.74, 6) is 2.08. The van der Waals surface area contributed by atoms with Crippen molar-refractivity contribution in [3.63, 3.8) is 0 Å². The van der Waals surface area contributed by atoms with Gasteiger partial charge in [-0.25, -0.2) is 4.98 Å². The van der Waals surface area contributed by atoms with Gasteiger partial charge in [-0.05, 0) is 54.2 Å². The molecule has 0 radical (unpaired) electrons. The van der Waals surface area contributed by atoms with Crippen molar-refractivity contribution >= 4 is 21.7 Å². The number of hydrogen-bond donors (Lipinski definition) is 1. The standard InChI is InChI=1S/C16H26BrN3/c1-3-5-13-6-4-8-20(9-7-13)16-14(11-18-2)10-15(17)12-19-16/h10,12-13,18H,3-9,11H2,1-2H3. The van der Waals surface area contributed by atoms with Crippen LogP contribution in [0.3, 0.4) is 0 Å². The van der Waals surface area contributed by atoms with Gasteiger partial charge in [-0.1, -0.05) is 19.8 Å². The molecule has 2 heterocycles. The molecule has 1 aliphatic rings. The number of nitrogens with one attached hydrogen (secondary N) is 1. The van der Waals surface area contributed by atoms with Gasteiger partial charge in [0.05, 0.1) is 0 Å². The fourth-order valence-corrected chi connectivity index (χ4v) is 3.53. The molecule has 3 nitrogen and oxygen atoms in total. The van der Waals surface area contributed by atoms with E-state index >= 15 is 0 Å². The third-order valence-electron chi connectivity index (χ3n) is 4.12. The number of nitrogens with zero attached hydrogens (tertiary/aromatic N) is 2. The van der Waals surface area contributed by atoms with Gasteiger partial charge in [0.25, 0.3) is 0 Å². The molecule has 1 fully saturated rings. The molecule has 112 valence electrons. The van der Waals surface area contributed by atoms with Crippen LogP contribution in [0.1, 0.15) is 44.6 Å². The fraction of sp³-hybridized carbons (Fsp3) is 0.688. The Kier molecular flexibility index (Phi) is 6.30. The minimum atomic E-state index is 0.872. The molecular weight excluding hydrogens is 314 g/mol. The van der Waals surface area contributed by atoms with Crippen molar-refractivity contribution in [3.05, 3.63) is 22.3 Å². The van der Waals surface area contributed by atoms with E-state index in [0.717, 1.165) is 30.0 Å². The topological polar surface area (TPSA) is 28.2 Å². The van der Waals surface area contributed by atoms with Gasteiger partial charge in [0.15, 0.2) is 0 Å². The molecule has 1 unspecified atom stereocenters. The highest BCUT2D eigenvalue weighted by atomic mass is 79.9. The van der Waals surface area contributed by atoms with E-state index in [0.29, 0.717) is 0 Å². The van der Waals surface area contributed by atoms with Crippen LogP contribution in [-0.2, 0) is 6.54 Å². The summed E-state index contributed by atoms with van der Waals surface area (Å²) < 4.78 is 1.06. The third kappa shape index (κ3) is 4.19. The summed E-state index contributed by atoms with van der Waals surface area (Å²) >= 11 is 3.53. The zero-order valence-corrected chi connectivity index (χ0v) is 14.2. The van der Waals surface area contributed by atoms with Crippen LogP contribution >= 0.6 is 15.9 Å². The van der Waals surface area contributed by atoms with Crippen molar-refractivity contribution in [3.8, 4) is 0 Å². The van der Waals surface area contributed by atoms with E-state index in [1.165, 1.54) is 43.5 Å². The van der Waals surface area contributed by atoms with E-state index in [9.17, 15) is 0 Å². The highest BCUT2D eigenvalue weighted by Gasteiger charge is 2.19. The summed E-state index contributed by atoms with van der Waals surface area (Å²) in [5, 5.41) is 3.25. The van der Waals surface area contributed by atoms with Crippen LogP contribution in [-0.4, -0.2) is 25.1 Å². The van der Waals surface area contributed by atoms with Gasteiger partial charge in [0, 0.05) is 35.9 Å². The zero-order chi connectivity index (χ0) is 14.4. The Morgan fingerprint density at radius 1 is 1.40 bits per heavy atom. The second-order valence-corrected chi connectivity index (χ2v) is 6.65. The Labute approximate surface area is 131 Å². The molecule has 20 heavy (non-hydrogen) atoms. The van der Waals surface area contributed by atoms with Crippen LogP contribution in [0.15, 0.2) is 16.7 Å². The van der Waals surface area contributed by atoms with Gasteiger partial charge >= 0.3 is 0 Å². The van der Waals surface area contributed by atoms with Crippen molar-refractivity contribution in [1.82, 2.24) is 10.3 Å². The van der Waals surface area contributed by atoms with Crippen molar-refractivity contribution in [2.24, 2.45) is 5.92 Å². The number of pyridine rings is 1. The zero-order valence-electron chi connectivity index (χ0n) is 12.7. The molecule has 0 aliphatic carbocycles. The first-order chi connectivity index (χ1) is 9.74. The summed E-state index contributed by atoms with van der Waals surface area (Å²) in [4.78, 5) is 7.15.